The minimum Gasteiger partial charge on any atom is -0.481 e. The van der Waals surface area contributed by atoms with Gasteiger partial charge in [0.15, 0.2) is 0 Å². The molecule has 1 fully saturated rings. The Hall–Kier alpha value is -1.79. The number of rotatable bonds is 9. The maximum Gasteiger partial charge on any atom is 0.508 e. The number of hydrogen-bond acceptors (Lipinski definition) is 5. The van der Waals surface area contributed by atoms with Crippen LogP contribution in [0.15, 0.2) is 0 Å². The molecule has 1 aliphatic rings. The molecule has 7 heteroatoms. The molecule has 1 saturated carbocycles. The van der Waals surface area contributed by atoms with Crippen molar-refractivity contribution in [2.75, 3.05) is 6.61 Å². The maximum atomic E-state index is 11.7. The van der Waals surface area contributed by atoms with Crippen LogP contribution in [-0.4, -0.2) is 41.0 Å². The first kappa shape index (κ1) is 19.3. The monoisotopic (exact) mass is 330 g/mol. The molecule has 0 aromatic heterocycles. The largest absolute Gasteiger partial charge is 0.508 e. The molecule has 0 saturated heterocycles. The van der Waals surface area contributed by atoms with Gasteiger partial charge in [0.05, 0.1) is 5.41 Å². The topological polar surface area (TPSA) is 110 Å². The van der Waals surface area contributed by atoms with E-state index in [0.29, 0.717) is 12.8 Å². The van der Waals surface area contributed by atoms with Crippen molar-refractivity contribution in [3.8, 4) is 0 Å². The first-order valence-corrected chi connectivity index (χ1v) is 8.12. The van der Waals surface area contributed by atoms with Gasteiger partial charge in [0, 0.05) is 6.42 Å². The number of carboxylic acid groups (broad SMARTS) is 2. The highest BCUT2D eigenvalue weighted by atomic mass is 16.7. The van der Waals surface area contributed by atoms with Crippen LogP contribution in [0.2, 0.25) is 0 Å². The van der Waals surface area contributed by atoms with Gasteiger partial charge < -0.3 is 19.7 Å². The van der Waals surface area contributed by atoms with Crippen LogP contribution in [0.5, 0.6) is 0 Å². The van der Waals surface area contributed by atoms with Crippen LogP contribution in [0, 0.1) is 5.41 Å². The zero-order chi connectivity index (χ0) is 17.3. The van der Waals surface area contributed by atoms with E-state index in [0.717, 1.165) is 32.1 Å². The van der Waals surface area contributed by atoms with Crippen molar-refractivity contribution in [3.05, 3.63) is 0 Å². The van der Waals surface area contributed by atoms with Crippen LogP contribution in [0.3, 0.4) is 0 Å². The molecule has 0 amide bonds. The number of hydrogen-bond donors (Lipinski definition) is 2. The molecule has 1 atom stereocenters. The van der Waals surface area contributed by atoms with Gasteiger partial charge in [-0.15, -0.1) is 0 Å². The van der Waals surface area contributed by atoms with Crippen molar-refractivity contribution in [1.82, 2.24) is 0 Å². The molecule has 1 unspecified atom stereocenters. The van der Waals surface area contributed by atoms with Gasteiger partial charge in [0.1, 0.15) is 12.7 Å². The smallest absolute Gasteiger partial charge is 0.481 e. The van der Waals surface area contributed by atoms with Gasteiger partial charge in [0.25, 0.3) is 0 Å². The highest BCUT2D eigenvalue weighted by Crippen LogP contribution is 2.26. The second-order valence-electron chi connectivity index (χ2n) is 6.38. The van der Waals surface area contributed by atoms with Gasteiger partial charge in [-0.05, 0) is 45.4 Å². The van der Waals surface area contributed by atoms with Crippen LogP contribution in [0.1, 0.15) is 64.7 Å². The van der Waals surface area contributed by atoms with E-state index in [1.165, 1.54) is 6.92 Å². The highest BCUT2D eigenvalue weighted by Gasteiger charge is 2.35. The Bertz CT molecular complexity index is 415. The van der Waals surface area contributed by atoms with Crippen LogP contribution >= 0.6 is 0 Å². The molecular formula is C16H26O7. The Labute approximate surface area is 136 Å². The summed E-state index contributed by atoms with van der Waals surface area (Å²) in [6.07, 6.45) is 4.94. The summed E-state index contributed by atoms with van der Waals surface area (Å²) < 4.78 is 10.2. The molecule has 132 valence electrons. The van der Waals surface area contributed by atoms with Crippen LogP contribution in [-0.2, 0) is 19.1 Å². The first-order chi connectivity index (χ1) is 10.8. The average Bonchev–Trinajstić information content (AvgIpc) is 2.50. The molecule has 23 heavy (non-hydrogen) atoms. The fourth-order valence-electron chi connectivity index (χ4n) is 2.60. The van der Waals surface area contributed by atoms with Gasteiger partial charge in [-0.1, -0.05) is 12.8 Å². The van der Waals surface area contributed by atoms with Gasteiger partial charge in [0.2, 0.25) is 0 Å². The molecule has 0 spiro atoms. The van der Waals surface area contributed by atoms with Crippen LogP contribution in [0.25, 0.3) is 0 Å². The summed E-state index contributed by atoms with van der Waals surface area (Å²) in [7, 11) is 0. The standard InChI is InChI=1S/C16H26O7/c1-16(14(19)20,10-6-5-9-13(17)18)11-22-15(21)23-12-7-3-2-4-8-12/h12H,2-11H2,1H3,(H,17,18)(H,19,20). The van der Waals surface area contributed by atoms with Gasteiger partial charge in [-0.2, -0.15) is 0 Å². The fourth-order valence-corrected chi connectivity index (χ4v) is 2.60. The summed E-state index contributed by atoms with van der Waals surface area (Å²) in [5, 5.41) is 17.9. The van der Waals surface area contributed by atoms with Gasteiger partial charge in [-0.3, -0.25) is 9.59 Å². The summed E-state index contributed by atoms with van der Waals surface area (Å²) in [6, 6.07) is 0. The van der Waals surface area contributed by atoms with Crippen LogP contribution in [0.4, 0.5) is 4.79 Å². The van der Waals surface area contributed by atoms with E-state index in [2.05, 4.69) is 0 Å². The molecular weight excluding hydrogens is 304 g/mol. The first-order valence-electron chi connectivity index (χ1n) is 8.12. The molecule has 2 N–H and O–H groups in total. The predicted molar refractivity (Wildman–Crippen MR) is 81.2 cm³/mol. The summed E-state index contributed by atoms with van der Waals surface area (Å²) >= 11 is 0. The lowest BCUT2D eigenvalue weighted by molar-refractivity contribution is -0.151. The SMILES string of the molecule is CC(CCCCC(=O)O)(COC(=O)OC1CCCCC1)C(=O)O. The molecule has 0 aromatic carbocycles. The van der Waals surface area contributed by atoms with Crippen molar-refractivity contribution >= 4 is 18.1 Å². The summed E-state index contributed by atoms with van der Waals surface area (Å²) in [5.74, 6) is -1.98. The number of carboxylic acids is 2. The van der Waals surface area contributed by atoms with Gasteiger partial charge in [-0.25, -0.2) is 4.79 Å². The lowest BCUT2D eigenvalue weighted by atomic mass is 9.85. The number of unbranched alkanes of at least 4 members (excludes halogenated alkanes) is 1. The van der Waals surface area contributed by atoms with E-state index in [-0.39, 0.29) is 25.6 Å². The molecule has 0 radical (unpaired) electrons. The lowest BCUT2D eigenvalue weighted by Crippen LogP contribution is -2.34. The van der Waals surface area contributed by atoms with E-state index in [1.807, 2.05) is 0 Å². The minimum atomic E-state index is -1.23. The molecule has 7 nitrogen and oxygen atoms in total. The Morgan fingerprint density at radius 2 is 1.74 bits per heavy atom. The fraction of sp³-hybridized carbons (Fsp3) is 0.812. The third-order valence-corrected chi connectivity index (χ3v) is 4.21. The third-order valence-electron chi connectivity index (χ3n) is 4.21. The lowest BCUT2D eigenvalue weighted by Gasteiger charge is -2.25. The second-order valence-corrected chi connectivity index (χ2v) is 6.38. The number of ether oxygens (including phenoxy) is 2. The van der Waals surface area contributed by atoms with Crippen LogP contribution < -0.4 is 0 Å². The van der Waals surface area contributed by atoms with Crippen molar-refractivity contribution in [2.24, 2.45) is 5.41 Å². The number of aliphatic carboxylic acids is 2. The Kier molecular flexibility index (Phi) is 7.85. The Balaban J connectivity index is 2.36. The number of carbonyl (C=O) groups is 3. The minimum absolute atomic E-state index is 0.000276. The van der Waals surface area contributed by atoms with Crippen molar-refractivity contribution in [2.45, 2.75) is 70.8 Å². The van der Waals surface area contributed by atoms with E-state index in [4.69, 9.17) is 14.6 Å². The zero-order valence-electron chi connectivity index (χ0n) is 13.6. The van der Waals surface area contributed by atoms with Crippen molar-refractivity contribution in [1.29, 1.82) is 0 Å². The predicted octanol–water partition coefficient (Wildman–Crippen LogP) is 3.21. The Morgan fingerprint density at radius 1 is 1.09 bits per heavy atom. The second kappa shape index (κ2) is 9.37. The van der Waals surface area contributed by atoms with Crippen molar-refractivity contribution < 1.29 is 34.1 Å². The molecule has 0 heterocycles. The summed E-state index contributed by atoms with van der Waals surface area (Å²) in [4.78, 5) is 33.5. The zero-order valence-corrected chi connectivity index (χ0v) is 13.6. The number of carbonyl (C=O) groups excluding carboxylic acids is 1. The quantitative estimate of drug-likeness (QED) is 0.493. The molecule has 0 aliphatic heterocycles. The molecule has 0 aromatic rings. The molecule has 1 aliphatic carbocycles. The van der Waals surface area contributed by atoms with Gasteiger partial charge >= 0.3 is 18.1 Å². The van der Waals surface area contributed by atoms with E-state index < -0.39 is 23.5 Å². The van der Waals surface area contributed by atoms with E-state index in [9.17, 15) is 19.5 Å². The normalized spacial score (nSPS) is 18.0. The van der Waals surface area contributed by atoms with Crippen molar-refractivity contribution in [3.63, 3.8) is 0 Å². The third kappa shape index (κ3) is 7.34. The van der Waals surface area contributed by atoms with E-state index >= 15 is 0 Å². The molecule has 1 rings (SSSR count). The molecule has 0 bridgehead atoms. The summed E-state index contributed by atoms with van der Waals surface area (Å²) in [5.41, 5.74) is -1.23. The Morgan fingerprint density at radius 3 is 2.30 bits per heavy atom. The highest BCUT2D eigenvalue weighted by molar-refractivity contribution is 5.74. The summed E-state index contributed by atoms with van der Waals surface area (Å²) in [6.45, 7) is 1.21. The van der Waals surface area contributed by atoms with E-state index in [1.54, 1.807) is 0 Å². The maximum absolute atomic E-state index is 11.7. The average molecular weight is 330 g/mol.